The number of anilines is 1. The zero-order chi connectivity index (χ0) is 18.1. The summed E-state index contributed by atoms with van der Waals surface area (Å²) < 4.78 is 0. The first-order chi connectivity index (χ1) is 12.7. The topological polar surface area (TPSA) is 83.0 Å². The van der Waals surface area contributed by atoms with Crippen molar-refractivity contribution >= 4 is 11.5 Å². The van der Waals surface area contributed by atoms with Gasteiger partial charge in [-0.15, -0.1) is 0 Å². The van der Waals surface area contributed by atoms with E-state index in [1.165, 1.54) is 0 Å². The van der Waals surface area contributed by atoms with E-state index in [4.69, 9.17) is 5.73 Å². The van der Waals surface area contributed by atoms with Crippen LogP contribution in [-0.4, -0.2) is 10.8 Å². The summed E-state index contributed by atoms with van der Waals surface area (Å²) in [5.41, 5.74) is 10.1. The van der Waals surface area contributed by atoms with Crippen LogP contribution in [0.4, 0.5) is 5.69 Å². The lowest BCUT2D eigenvalue weighted by molar-refractivity contribution is -0.116. The van der Waals surface area contributed by atoms with Gasteiger partial charge in [0.15, 0.2) is 5.78 Å². The normalized spacial score (nSPS) is 20.0. The number of pyridine rings is 1. The molecule has 0 amide bonds. The van der Waals surface area contributed by atoms with Crippen molar-refractivity contribution in [2.24, 2.45) is 5.73 Å². The maximum absolute atomic E-state index is 12.9. The Hall–Kier alpha value is -3.39. The maximum Gasteiger partial charge on any atom is 0.161 e. The lowest BCUT2D eigenvalue weighted by Gasteiger charge is -2.39. The fourth-order valence-corrected chi connectivity index (χ4v) is 3.84. The van der Waals surface area contributed by atoms with Gasteiger partial charge in [-0.3, -0.25) is 14.7 Å². The van der Waals surface area contributed by atoms with Gasteiger partial charge in [-0.1, -0.05) is 24.3 Å². The molecule has 0 radical (unpaired) electrons. The van der Waals surface area contributed by atoms with Gasteiger partial charge in [0.2, 0.25) is 0 Å². The van der Waals surface area contributed by atoms with Crippen LogP contribution in [-0.2, 0) is 4.79 Å². The lowest BCUT2D eigenvalue weighted by atomic mass is 9.76. The molecular weight excluding hydrogens is 324 g/mol. The highest BCUT2D eigenvalue weighted by atomic mass is 16.1. The fraction of sp³-hybridized carbons (Fsp3) is 0.190. The third-order valence-corrected chi connectivity index (χ3v) is 4.95. The minimum absolute atomic E-state index is 0.0845. The quantitative estimate of drug-likeness (QED) is 0.904. The monoisotopic (exact) mass is 342 g/mol. The Bertz CT molecular complexity index is 955. The molecule has 0 spiro atoms. The highest BCUT2D eigenvalue weighted by molar-refractivity contribution is 6.01. The first-order valence-corrected chi connectivity index (χ1v) is 8.63. The van der Waals surface area contributed by atoms with Crippen molar-refractivity contribution in [3.05, 3.63) is 83.1 Å². The van der Waals surface area contributed by atoms with Crippen LogP contribution < -0.4 is 10.6 Å². The summed E-state index contributed by atoms with van der Waals surface area (Å²) in [5.74, 6) is 0.0266. The molecular formula is C21H18N4O. The number of ketones is 1. The molecule has 1 aromatic heterocycles. The fourth-order valence-electron chi connectivity index (χ4n) is 3.84. The van der Waals surface area contributed by atoms with Crippen LogP contribution >= 0.6 is 0 Å². The summed E-state index contributed by atoms with van der Waals surface area (Å²) in [6.07, 6.45) is 5.43. The van der Waals surface area contributed by atoms with E-state index in [1.807, 2.05) is 47.4 Å². The zero-order valence-corrected chi connectivity index (χ0v) is 14.2. The Labute approximate surface area is 152 Å². The third kappa shape index (κ3) is 2.47. The van der Waals surface area contributed by atoms with Crippen LogP contribution in [0.15, 0.2) is 77.5 Å². The molecule has 5 nitrogen and oxygen atoms in total. The molecule has 26 heavy (non-hydrogen) atoms. The molecule has 2 N–H and O–H groups in total. The minimum Gasteiger partial charge on any atom is -0.384 e. The number of hydrogen-bond acceptors (Lipinski definition) is 5. The van der Waals surface area contributed by atoms with E-state index in [-0.39, 0.29) is 5.78 Å². The molecule has 0 bridgehead atoms. The number of carbonyl (C=O) groups excluding carboxylic acids is 1. The van der Waals surface area contributed by atoms with Gasteiger partial charge < -0.3 is 5.73 Å². The van der Waals surface area contributed by atoms with Crippen molar-refractivity contribution in [3.8, 4) is 6.07 Å². The number of allylic oxidation sites excluding steroid dienone is 3. The number of para-hydroxylation sites is 1. The third-order valence-electron chi connectivity index (χ3n) is 4.95. The van der Waals surface area contributed by atoms with E-state index < -0.39 is 5.92 Å². The van der Waals surface area contributed by atoms with Crippen LogP contribution in [0.25, 0.3) is 0 Å². The summed E-state index contributed by atoms with van der Waals surface area (Å²) >= 11 is 0. The first kappa shape index (κ1) is 16.1. The molecule has 1 aliphatic carbocycles. The van der Waals surface area contributed by atoms with Gasteiger partial charge >= 0.3 is 0 Å². The lowest BCUT2D eigenvalue weighted by Crippen LogP contribution is -2.38. The largest absolute Gasteiger partial charge is 0.384 e. The molecule has 2 aromatic rings. The molecule has 5 heteroatoms. The molecule has 1 atom stereocenters. The van der Waals surface area contributed by atoms with E-state index in [2.05, 4.69) is 11.1 Å². The molecule has 1 aliphatic heterocycles. The Kier molecular flexibility index (Phi) is 4.02. The number of carbonyl (C=O) groups is 1. The molecule has 0 saturated carbocycles. The average molecular weight is 342 g/mol. The van der Waals surface area contributed by atoms with Crippen molar-refractivity contribution in [3.63, 3.8) is 0 Å². The predicted molar refractivity (Wildman–Crippen MR) is 98.6 cm³/mol. The Morgan fingerprint density at radius 3 is 2.65 bits per heavy atom. The predicted octanol–water partition coefficient (Wildman–Crippen LogP) is 3.39. The molecule has 2 aliphatic rings. The summed E-state index contributed by atoms with van der Waals surface area (Å²) in [4.78, 5) is 18.9. The Morgan fingerprint density at radius 1 is 1.15 bits per heavy atom. The smallest absolute Gasteiger partial charge is 0.161 e. The van der Waals surface area contributed by atoms with Crippen molar-refractivity contribution in [2.75, 3.05) is 4.90 Å². The number of benzene rings is 1. The van der Waals surface area contributed by atoms with Gasteiger partial charge in [0.05, 0.1) is 17.6 Å². The number of nitriles is 1. The Morgan fingerprint density at radius 2 is 1.96 bits per heavy atom. The van der Waals surface area contributed by atoms with Gasteiger partial charge in [0.25, 0.3) is 0 Å². The number of nitrogens with zero attached hydrogens (tertiary/aromatic N) is 3. The van der Waals surface area contributed by atoms with E-state index in [1.54, 1.807) is 12.4 Å². The molecule has 0 fully saturated rings. The summed E-state index contributed by atoms with van der Waals surface area (Å²) in [7, 11) is 0. The number of hydrogen-bond donors (Lipinski definition) is 1. The highest BCUT2D eigenvalue weighted by Crippen LogP contribution is 2.45. The zero-order valence-electron chi connectivity index (χ0n) is 14.2. The Balaban J connectivity index is 1.98. The van der Waals surface area contributed by atoms with Gasteiger partial charge in [0.1, 0.15) is 5.82 Å². The number of rotatable bonds is 2. The van der Waals surface area contributed by atoms with Crippen molar-refractivity contribution in [1.29, 1.82) is 5.26 Å². The van der Waals surface area contributed by atoms with E-state index in [9.17, 15) is 10.1 Å². The summed E-state index contributed by atoms with van der Waals surface area (Å²) in [5, 5.41) is 9.87. The van der Waals surface area contributed by atoms with Gasteiger partial charge in [-0.2, -0.15) is 5.26 Å². The van der Waals surface area contributed by atoms with E-state index >= 15 is 0 Å². The van der Waals surface area contributed by atoms with Crippen LogP contribution in [0.5, 0.6) is 0 Å². The minimum atomic E-state index is -0.448. The number of aromatic nitrogens is 1. The number of Topliss-reactive ketones (excluding diaryl/α,β-unsaturated/α-hetero) is 1. The molecule has 128 valence electrons. The van der Waals surface area contributed by atoms with Crippen LogP contribution in [0.3, 0.4) is 0 Å². The van der Waals surface area contributed by atoms with Gasteiger partial charge in [-0.25, -0.2) is 0 Å². The van der Waals surface area contributed by atoms with E-state index in [0.29, 0.717) is 23.4 Å². The molecule has 0 unspecified atom stereocenters. The van der Waals surface area contributed by atoms with Crippen LogP contribution in [0, 0.1) is 11.3 Å². The second kappa shape index (κ2) is 6.49. The summed E-state index contributed by atoms with van der Waals surface area (Å²) in [6.45, 7) is 0. The highest BCUT2D eigenvalue weighted by Gasteiger charge is 2.40. The maximum atomic E-state index is 12.9. The van der Waals surface area contributed by atoms with Crippen molar-refractivity contribution in [1.82, 2.24) is 4.98 Å². The second-order valence-corrected chi connectivity index (χ2v) is 6.44. The molecule has 2 heterocycles. The second-order valence-electron chi connectivity index (χ2n) is 6.44. The van der Waals surface area contributed by atoms with Crippen LogP contribution in [0.1, 0.15) is 30.7 Å². The van der Waals surface area contributed by atoms with Gasteiger partial charge in [0, 0.05) is 35.8 Å². The number of nitrogens with two attached hydrogens (primary N) is 1. The average Bonchev–Trinajstić information content (AvgIpc) is 2.68. The molecule has 0 saturated heterocycles. The molecule has 4 rings (SSSR count). The molecule has 1 aromatic carbocycles. The van der Waals surface area contributed by atoms with E-state index in [0.717, 1.165) is 29.8 Å². The van der Waals surface area contributed by atoms with Gasteiger partial charge in [-0.05, 0) is 36.6 Å². The SMILES string of the molecule is N#CC1=C(N)N(c2ccccc2)C2=C(C(=O)CCC2)[C@@H]1c1cccnc1. The summed E-state index contributed by atoms with van der Waals surface area (Å²) in [6, 6.07) is 15.6. The van der Waals surface area contributed by atoms with Crippen molar-refractivity contribution in [2.45, 2.75) is 25.2 Å². The standard InChI is InChI=1S/C21H18N4O/c22-12-16-19(14-6-5-11-24-13-14)20-17(9-4-10-18(20)26)25(21(16)23)15-7-2-1-3-8-15/h1-3,5-8,11,13,19H,4,9-10,23H2/t19-/m1/s1. The first-order valence-electron chi connectivity index (χ1n) is 8.63. The van der Waals surface area contributed by atoms with Crippen LogP contribution in [0.2, 0.25) is 0 Å². The van der Waals surface area contributed by atoms with Crippen molar-refractivity contribution < 1.29 is 4.79 Å².